The van der Waals surface area contributed by atoms with E-state index in [4.69, 9.17) is 15.2 Å². The molecule has 0 fully saturated rings. The number of benzene rings is 1. The third kappa shape index (κ3) is 2.98. The van der Waals surface area contributed by atoms with E-state index < -0.39 is 0 Å². The minimum Gasteiger partial charge on any atom is -0.486 e. The Balaban J connectivity index is 2.21. The lowest BCUT2D eigenvalue weighted by Crippen LogP contribution is -2.32. The predicted molar refractivity (Wildman–Crippen MR) is 72.6 cm³/mol. The Labute approximate surface area is 113 Å². The summed E-state index contributed by atoms with van der Waals surface area (Å²) in [5.74, 6) is 1.21. The molecular formula is C14H20N2O3. The van der Waals surface area contributed by atoms with Gasteiger partial charge in [0.1, 0.15) is 13.2 Å². The first-order chi connectivity index (χ1) is 9.13. The standard InChI is InChI=1S/C14H20N2O3/c1-9-7-12-13(19-6-5-18-12)8-11(9)10(2)14(17)16-4-3-15/h7-8,10H,3-6,15H2,1-2H3,(H,16,17). The second kappa shape index (κ2) is 5.93. The van der Waals surface area contributed by atoms with Crippen molar-refractivity contribution in [1.29, 1.82) is 0 Å². The summed E-state index contributed by atoms with van der Waals surface area (Å²) < 4.78 is 11.1. The third-order valence-electron chi connectivity index (χ3n) is 3.23. The highest BCUT2D eigenvalue weighted by atomic mass is 16.6. The van der Waals surface area contributed by atoms with E-state index in [9.17, 15) is 4.79 Å². The highest BCUT2D eigenvalue weighted by Crippen LogP contribution is 2.35. The molecule has 1 aliphatic heterocycles. The van der Waals surface area contributed by atoms with Crippen molar-refractivity contribution in [3.05, 3.63) is 23.3 Å². The number of hydrogen-bond acceptors (Lipinski definition) is 4. The predicted octanol–water partition coefficient (Wildman–Crippen LogP) is 0.945. The third-order valence-corrected chi connectivity index (χ3v) is 3.23. The van der Waals surface area contributed by atoms with Crippen LogP contribution in [0, 0.1) is 6.92 Å². The number of aryl methyl sites for hydroxylation is 1. The second-order valence-electron chi connectivity index (χ2n) is 4.65. The molecule has 5 heteroatoms. The Morgan fingerprint density at radius 2 is 2.00 bits per heavy atom. The van der Waals surface area contributed by atoms with Gasteiger partial charge in [0.2, 0.25) is 5.91 Å². The van der Waals surface area contributed by atoms with Crippen LogP contribution in [0.1, 0.15) is 24.0 Å². The summed E-state index contributed by atoms with van der Waals surface area (Å²) in [5.41, 5.74) is 7.37. The topological polar surface area (TPSA) is 73.6 Å². The van der Waals surface area contributed by atoms with Crippen molar-refractivity contribution in [1.82, 2.24) is 5.32 Å². The zero-order chi connectivity index (χ0) is 13.8. The Kier molecular flexibility index (Phi) is 4.27. The molecule has 1 unspecified atom stereocenters. The van der Waals surface area contributed by atoms with Crippen LogP contribution in [0.3, 0.4) is 0 Å². The number of rotatable bonds is 4. The van der Waals surface area contributed by atoms with Crippen LogP contribution in [0.4, 0.5) is 0 Å². The van der Waals surface area contributed by atoms with Crippen LogP contribution in [-0.2, 0) is 4.79 Å². The van der Waals surface area contributed by atoms with Gasteiger partial charge in [-0.05, 0) is 37.1 Å². The van der Waals surface area contributed by atoms with Gasteiger partial charge in [-0.25, -0.2) is 0 Å². The average Bonchev–Trinajstić information content (AvgIpc) is 2.43. The molecule has 0 aliphatic carbocycles. The molecule has 104 valence electrons. The van der Waals surface area contributed by atoms with Gasteiger partial charge in [0, 0.05) is 13.1 Å². The van der Waals surface area contributed by atoms with Gasteiger partial charge in [-0.15, -0.1) is 0 Å². The molecule has 3 N–H and O–H groups in total. The monoisotopic (exact) mass is 264 g/mol. The van der Waals surface area contributed by atoms with E-state index in [-0.39, 0.29) is 11.8 Å². The Morgan fingerprint density at radius 3 is 2.63 bits per heavy atom. The van der Waals surface area contributed by atoms with E-state index in [2.05, 4.69) is 5.32 Å². The fourth-order valence-electron chi connectivity index (χ4n) is 2.16. The zero-order valence-electron chi connectivity index (χ0n) is 11.4. The maximum Gasteiger partial charge on any atom is 0.227 e. The highest BCUT2D eigenvalue weighted by molar-refractivity contribution is 5.83. The first kappa shape index (κ1) is 13.7. The maximum atomic E-state index is 12.0. The Morgan fingerprint density at radius 1 is 1.37 bits per heavy atom. The summed E-state index contributed by atoms with van der Waals surface area (Å²) >= 11 is 0. The molecule has 0 radical (unpaired) electrons. The lowest BCUT2D eigenvalue weighted by atomic mass is 9.95. The van der Waals surface area contributed by atoms with Crippen LogP contribution in [-0.4, -0.2) is 32.2 Å². The van der Waals surface area contributed by atoms with Crippen molar-refractivity contribution in [3.63, 3.8) is 0 Å². The van der Waals surface area contributed by atoms with Crippen molar-refractivity contribution < 1.29 is 14.3 Å². The number of carbonyl (C=O) groups excluding carboxylic acids is 1. The van der Waals surface area contributed by atoms with Crippen LogP contribution in [0.5, 0.6) is 11.5 Å². The van der Waals surface area contributed by atoms with E-state index in [0.29, 0.717) is 32.1 Å². The molecule has 1 aliphatic rings. The van der Waals surface area contributed by atoms with Gasteiger partial charge in [0.25, 0.3) is 0 Å². The SMILES string of the molecule is Cc1cc2c(cc1C(C)C(=O)NCCN)OCCO2. The average molecular weight is 264 g/mol. The number of carbonyl (C=O) groups is 1. The number of fused-ring (bicyclic) bond motifs is 1. The van der Waals surface area contributed by atoms with E-state index in [1.165, 1.54) is 0 Å². The molecule has 0 spiro atoms. The van der Waals surface area contributed by atoms with E-state index in [1.54, 1.807) is 0 Å². The summed E-state index contributed by atoms with van der Waals surface area (Å²) in [6.07, 6.45) is 0. The van der Waals surface area contributed by atoms with Crippen LogP contribution in [0.25, 0.3) is 0 Å². The van der Waals surface area contributed by atoms with Gasteiger partial charge in [-0.2, -0.15) is 0 Å². The zero-order valence-corrected chi connectivity index (χ0v) is 11.4. The maximum absolute atomic E-state index is 12.0. The van der Waals surface area contributed by atoms with Gasteiger partial charge in [-0.3, -0.25) is 4.79 Å². The molecule has 1 aromatic rings. The molecule has 0 saturated carbocycles. The molecule has 2 rings (SSSR count). The van der Waals surface area contributed by atoms with Gasteiger partial charge in [-0.1, -0.05) is 0 Å². The van der Waals surface area contributed by atoms with E-state index in [1.807, 2.05) is 26.0 Å². The highest BCUT2D eigenvalue weighted by Gasteiger charge is 2.21. The molecule has 0 bridgehead atoms. The van der Waals surface area contributed by atoms with E-state index >= 15 is 0 Å². The van der Waals surface area contributed by atoms with Crippen molar-refractivity contribution in [2.45, 2.75) is 19.8 Å². The smallest absolute Gasteiger partial charge is 0.227 e. The minimum absolute atomic E-state index is 0.0229. The first-order valence-electron chi connectivity index (χ1n) is 6.51. The van der Waals surface area contributed by atoms with Crippen LogP contribution >= 0.6 is 0 Å². The quantitative estimate of drug-likeness (QED) is 0.849. The fourth-order valence-corrected chi connectivity index (χ4v) is 2.16. The number of hydrogen-bond donors (Lipinski definition) is 2. The molecule has 1 heterocycles. The van der Waals surface area contributed by atoms with Crippen molar-refractivity contribution in [2.75, 3.05) is 26.3 Å². The Hall–Kier alpha value is -1.75. The molecule has 5 nitrogen and oxygen atoms in total. The lowest BCUT2D eigenvalue weighted by molar-refractivity contribution is -0.122. The largest absolute Gasteiger partial charge is 0.486 e. The minimum atomic E-state index is -0.234. The number of nitrogens with one attached hydrogen (secondary N) is 1. The number of amides is 1. The van der Waals surface area contributed by atoms with Crippen molar-refractivity contribution >= 4 is 5.91 Å². The molecule has 1 atom stereocenters. The van der Waals surface area contributed by atoms with Gasteiger partial charge >= 0.3 is 0 Å². The molecule has 1 aromatic carbocycles. The lowest BCUT2D eigenvalue weighted by Gasteiger charge is -2.22. The molecule has 19 heavy (non-hydrogen) atoms. The van der Waals surface area contributed by atoms with E-state index in [0.717, 1.165) is 16.9 Å². The Bertz CT molecular complexity index is 474. The molecular weight excluding hydrogens is 244 g/mol. The van der Waals surface area contributed by atoms with Crippen LogP contribution < -0.4 is 20.5 Å². The summed E-state index contributed by atoms with van der Waals surface area (Å²) in [4.78, 5) is 12.0. The fraction of sp³-hybridized carbons (Fsp3) is 0.500. The molecule has 0 saturated heterocycles. The molecule has 1 amide bonds. The normalized spacial score (nSPS) is 14.9. The van der Waals surface area contributed by atoms with Gasteiger partial charge < -0.3 is 20.5 Å². The summed E-state index contributed by atoms with van der Waals surface area (Å²) in [6, 6.07) is 3.83. The van der Waals surface area contributed by atoms with Gasteiger partial charge in [0.05, 0.1) is 5.92 Å². The first-order valence-corrected chi connectivity index (χ1v) is 6.51. The summed E-state index contributed by atoms with van der Waals surface area (Å²) in [6.45, 7) is 5.90. The van der Waals surface area contributed by atoms with Crippen molar-refractivity contribution in [2.24, 2.45) is 5.73 Å². The van der Waals surface area contributed by atoms with Crippen LogP contribution in [0.15, 0.2) is 12.1 Å². The summed E-state index contributed by atoms with van der Waals surface area (Å²) in [5, 5.41) is 2.80. The number of nitrogens with two attached hydrogens (primary N) is 1. The summed E-state index contributed by atoms with van der Waals surface area (Å²) in [7, 11) is 0. The van der Waals surface area contributed by atoms with Crippen LogP contribution in [0.2, 0.25) is 0 Å². The number of ether oxygens (including phenoxy) is 2. The molecule has 0 aromatic heterocycles. The van der Waals surface area contributed by atoms with Gasteiger partial charge in [0.15, 0.2) is 11.5 Å². The van der Waals surface area contributed by atoms with Crippen molar-refractivity contribution in [3.8, 4) is 11.5 Å². The second-order valence-corrected chi connectivity index (χ2v) is 4.65.